The van der Waals surface area contributed by atoms with Gasteiger partial charge in [-0.05, 0) is 68.1 Å². The standard InChI is InChI=1S/C38H64N2O9S/c1-4-6-7-8-9-10-11-12-13-14-15-16-17-18-23-40-36(42)32(26-31(35(39)41)24-28(3)37(43)44)27-33(38(45)46)25-29(5-2)30-19-21-34(22-20-30)50(47,48)49/h19-22,28-29,31-33H,4-18,23-27H2,1-3H3,(H2,39,41)(H,40,42)(H,43,44)(H,45,46)(H,47,48,49)/p-2. The molecule has 0 fully saturated rings. The van der Waals surface area contributed by atoms with Gasteiger partial charge in [0.05, 0.1) is 10.8 Å². The van der Waals surface area contributed by atoms with E-state index in [2.05, 4.69) is 12.2 Å². The fraction of sp³-hybridized carbons (Fsp3) is 0.737. The number of aliphatic carboxylic acids is 2. The zero-order chi connectivity index (χ0) is 37.5. The highest BCUT2D eigenvalue weighted by molar-refractivity contribution is 7.85. The Bertz CT molecular complexity index is 1250. The predicted molar refractivity (Wildman–Crippen MR) is 191 cm³/mol. The van der Waals surface area contributed by atoms with E-state index in [-0.39, 0.29) is 31.6 Å². The summed E-state index contributed by atoms with van der Waals surface area (Å²) in [5.41, 5.74) is 6.26. The van der Waals surface area contributed by atoms with Crippen LogP contribution in [0.2, 0.25) is 0 Å². The first kappa shape index (κ1) is 45.0. The summed E-state index contributed by atoms with van der Waals surface area (Å²) in [6.45, 7) is 5.91. The van der Waals surface area contributed by atoms with Crippen molar-refractivity contribution >= 4 is 33.9 Å². The SMILES string of the molecule is CCCCCCCCCCCCCCCCNC(=O)C(CC(CC(C)C(=O)O)C(N)=O)CC(CC(CC)c1ccc(S(=O)(=O)[O-])cc1)C(=O)[O-]. The first-order valence-corrected chi connectivity index (χ1v) is 20.2. The van der Waals surface area contributed by atoms with E-state index in [9.17, 15) is 42.4 Å². The molecule has 0 aliphatic heterocycles. The molecule has 0 aliphatic carbocycles. The summed E-state index contributed by atoms with van der Waals surface area (Å²) in [5.74, 6) is -7.90. The van der Waals surface area contributed by atoms with E-state index in [0.29, 0.717) is 18.5 Å². The Morgan fingerprint density at radius 3 is 1.64 bits per heavy atom. The number of rotatable bonds is 30. The molecule has 0 aromatic heterocycles. The van der Waals surface area contributed by atoms with Crippen LogP contribution in [0.25, 0.3) is 0 Å². The summed E-state index contributed by atoms with van der Waals surface area (Å²) >= 11 is 0. The summed E-state index contributed by atoms with van der Waals surface area (Å²) in [6, 6.07) is 5.32. The molecule has 0 heterocycles. The summed E-state index contributed by atoms with van der Waals surface area (Å²) in [5, 5.41) is 24.7. The number of carbonyl (C=O) groups excluding carboxylic acids is 3. The third-order valence-electron chi connectivity index (χ3n) is 9.84. The molecule has 0 bridgehead atoms. The van der Waals surface area contributed by atoms with Crippen molar-refractivity contribution in [3.63, 3.8) is 0 Å². The molecule has 11 nitrogen and oxygen atoms in total. The molecule has 286 valence electrons. The molecule has 0 spiro atoms. The fourth-order valence-corrected chi connectivity index (χ4v) is 7.08. The van der Waals surface area contributed by atoms with Crippen molar-refractivity contribution in [1.29, 1.82) is 0 Å². The van der Waals surface area contributed by atoms with Gasteiger partial charge in [0.2, 0.25) is 11.8 Å². The Morgan fingerprint density at radius 1 is 0.740 bits per heavy atom. The Hall–Kier alpha value is -2.99. The van der Waals surface area contributed by atoms with Crippen LogP contribution in [0.4, 0.5) is 0 Å². The number of hydrogen-bond donors (Lipinski definition) is 3. The van der Waals surface area contributed by atoms with Gasteiger partial charge in [-0.3, -0.25) is 14.4 Å². The molecule has 12 heteroatoms. The van der Waals surface area contributed by atoms with Gasteiger partial charge in [-0.15, -0.1) is 0 Å². The second-order valence-electron chi connectivity index (χ2n) is 14.0. The molecular weight excluding hydrogens is 660 g/mol. The van der Waals surface area contributed by atoms with E-state index in [4.69, 9.17) is 5.73 Å². The quantitative estimate of drug-likeness (QED) is 0.0623. The van der Waals surface area contributed by atoms with Crippen LogP contribution in [0.1, 0.15) is 154 Å². The molecule has 1 rings (SSSR count). The van der Waals surface area contributed by atoms with E-state index >= 15 is 0 Å². The maximum atomic E-state index is 13.5. The zero-order valence-corrected chi connectivity index (χ0v) is 31.4. The molecule has 0 saturated carbocycles. The number of amides is 2. The Balaban J connectivity index is 2.81. The van der Waals surface area contributed by atoms with Gasteiger partial charge in [0.15, 0.2) is 0 Å². The number of primary amides is 1. The van der Waals surface area contributed by atoms with Crippen molar-refractivity contribution in [2.75, 3.05) is 6.54 Å². The minimum atomic E-state index is -4.64. The average molecular weight is 723 g/mol. The Kier molecular flexibility index (Phi) is 22.6. The number of carbonyl (C=O) groups is 4. The molecule has 5 unspecified atom stereocenters. The van der Waals surface area contributed by atoms with Gasteiger partial charge < -0.3 is 30.6 Å². The first-order chi connectivity index (χ1) is 23.7. The Morgan fingerprint density at radius 2 is 1.22 bits per heavy atom. The number of nitrogens with one attached hydrogen (secondary N) is 1. The zero-order valence-electron chi connectivity index (χ0n) is 30.5. The normalized spacial score (nSPS) is 14.7. The molecule has 2 amide bonds. The van der Waals surface area contributed by atoms with E-state index < -0.39 is 62.4 Å². The maximum absolute atomic E-state index is 13.5. The van der Waals surface area contributed by atoms with Crippen molar-refractivity contribution in [2.24, 2.45) is 29.4 Å². The van der Waals surface area contributed by atoms with Crippen molar-refractivity contribution in [2.45, 2.75) is 154 Å². The number of carboxylic acid groups (broad SMARTS) is 2. The number of unbranched alkanes of at least 4 members (excludes halogenated alkanes) is 13. The van der Waals surface area contributed by atoms with Gasteiger partial charge in [0.25, 0.3) is 0 Å². The van der Waals surface area contributed by atoms with Crippen molar-refractivity contribution in [1.82, 2.24) is 5.32 Å². The molecule has 1 aromatic carbocycles. The molecule has 0 aliphatic rings. The van der Waals surface area contributed by atoms with Crippen LogP contribution in [0.3, 0.4) is 0 Å². The second kappa shape index (κ2) is 25.0. The van der Waals surface area contributed by atoms with Crippen LogP contribution >= 0.6 is 0 Å². The molecule has 5 atom stereocenters. The van der Waals surface area contributed by atoms with Gasteiger partial charge in [-0.1, -0.05) is 116 Å². The van der Waals surface area contributed by atoms with E-state index in [0.717, 1.165) is 25.7 Å². The third-order valence-corrected chi connectivity index (χ3v) is 10.7. The van der Waals surface area contributed by atoms with Gasteiger partial charge in [0.1, 0.15) is 10.1 Å². The average Bonchev–Trinajstić information content (AvgIpc) is 3.06. The lowest BCUT2D eigenvalue weighted by Crippen LogP contribution is -2.40. The van der Waals surface area contributed by atoms with Crippen LogP contribution in [-0.2, 0) is 29.3 Å². The summed E-state index contributed by atoms with van der Waals surface area (Å²) in [6.07, 6.45) is 17.0. The van der Waals surface area contributed by atoms with E-state index in [1.165, 1.54) is 95.4 Å². The lowest BCUT2D eigenvalue weighted by Gasteiger charge is -2.29. The van der Waals surface area contributed by atoms with Crippen LogP contribution in [0, 0.1) is 23.7 Å². The molecule has 0 saturated heterocycles. The number of carboxylic acids is 2. The van der Waals surface area contributed by atoms with Gasteiger partial charge >= 0.3 is 5.97 Å². The smallest absolute Gasteiger partial charge is 0.306 e. The summed E-state index contributed by atoms with van der Waals surface area (Å²) in [7, 11) is -4.64. The fourth-order valence-electron chi connectivity index (χ4n) is 6.61. The minimum Gasteiger partial charge on any atom is -0.744 e. The van der Waals surface area contributed by atoms with Crippen LogP contribution in [0.5, 0.6) is 0 Å². The minimum absolute atomic E-state index is 0.0673. The monoisotopic (exact) mass is 722 g/mol. The van der Waals surface area contributed by atoms with E-state index in [1.54, 1.807) is 0 Å². The molecule has 1 aromatic rings. The second-order valence-corrected chi connectivity index (χ2v) is 15.4. The predicted octanol–water partition coefficient (Wildman–Crippen LogP) is 6.05. The molecule has 0 radical (unpaired) electrons. The molecular formula is C38H62N2O9S-2. The number of nitrogens with two attached hydrogens (primary N) is 1. The van der Waals surface area contributed by atoms with Crippen LogP contribution in [-0.4, -0.2) is 48.4 Å². The topological polar surface area (TPSA) is 207 Å². The van der Waals surface area contributed by atoms with Gasteiger partial charge in [0, 0.05) is 24.3 Å². The lowest BCUT2D eigenvalue weighted by atomic mass is 9.78. The highest BCUT2D eigenvalue weighted by atomic mass is 32.2. The largest absolute Gasteiger partial charge is 0.744 e. The van der Waals surface area contributed by atoms with Crippen LogP contribution < -0.4 is 16.2 Å². The summed E-state index contributed by atoms with van der Waals surface area (Å²) in [4.78, 5) is 49.3. The first-order valence-electron chi connectivity index (χ1n) is 18.8. The summed E-state index contributed by atoms with van der Waals surface area (Å²) < 4.78 is 34.1. The molecule has 50 heavy (non-hydrogen) atoms. The van der Waals surface area contributed by atoms with E-state index in [1.807, 2.05) is 6.92 Å². The highest BCUT2D eigenvalue weighted by Gasteiger charge is 2.32. The van der Waals surface area contributed by atoms with Crippen molar-refractivity contribution < 1.29 is 42.4 Å². The highest BCUT2D eigenvalue weighted by Crippen LogP contribution is 2.33. The van der Waals surface area contributed by atoms with Gasteiger partial charge in [-0.25, -0.2) is 8.42 Å². The Labute approximate surface area is 300 Å². The van der Waals surface area contributed by atoms with Crippen molar-refractivity contribution in [3.8, 4) is 0 Å². The maximum Gasteiger partial charge on any atom is 0.306 e. The number of hydrogen-bond acceptors (Lipinski definition) is 8. The molecule has 4 N–H and O–H groups in total. The van der Waals surface area contributed by atoms with Gasteiger partial charge in [-0.2, -0.15) is 0 Å². The lowest BCUT2D eigenvalue weighted by molar-refractivity contribution is -0.312. The van der Waals surface area contributed by atoms with Crippen LogP contribution in [0.15, 0.2) is 29.2 Å². The third kappa shape index (κ3) is 18.8. The number of benzene rings is 1. The van der Waals surface area contributed by atoms with Crippen molar-refractivity contribution in [3.05, 3.63) is 29.8 Å².